The van der Waals surface area contributed by atoms with Gasteiger partial charge in [-0.2, -0.15) is 5.26 Å². The van der Waals surface area contributed by atoms with Crippen molar-refractivity contribution in [1.29, 1.82) is 5.26 Å². The monoisotopic (exact) mass is 313 g/mol. The van der Waals surface area contributed by atoms with Crippen LogP contribution in [0.4, 0.5) is 0 Å². The molecule has 1 heterocycles. The Hall–Kier alpha value is -0.600. The molecule has 0 saturated carbocycles. The van der Waals surface area contributed by atoms with E-state index in [9.17, 15) is 0 Å². The van der Waals surface area contributed by atoms with Gasteiger partial charge in [0.2, 0.25) is 0 Å². The Labute approximate surface area is 101 Å². The topological polar surface area (TPSA) is 23.8 Å². The van der Waals surface area contributed by atoms with Gasteiger partial charge in [-0.1, -0.05) is 12.1 Å². The summed E-state index contributed by atoms with van der Waals surface area (Å²) in [6, 6.07) is 6.37. The number of nitrogens with zero attached hydrogens (tertiary/aromatic N) is 1. The Bertz CT molecular complexity index is 522. The molecule has 14 heavy (non-hydrogen) atoms. The molecule has 0 spiro atoms. The first-order chi connectivity index (χ1) is 6.74. The number of benzene rings is 1. The second kappa shape index (κ2) is 3.87. The highest BCUT2D eigenvalue weighted by Crippen LogP contribution is 2.32. The molecule has 0 aliphatic carbocycles. The van der Waals surface area contributed by atoms with Gasteiger partial charge in [0.25, 0.3) is 0 Å². The molecule has 0 fully saturated rings. The zero-order valence-electron chi connectivity index (χ0n) is 7.67. The Balaban J connectivity index is 2.78. The molecule has 3 heteroatoms. The highest BCUT2D eigenvalue weighted by Gasteiger charge is 2.08. The van der Waals surface area contributed by atoms with Crippen LogP contribution in [-0.4, -0.2) is 0 Å². The first kappa shape index (κ1) is 9.94. The maximum absolute atomic E-state index is 8.71. The zero-order chi connectivity index (χ0) is 10.1. The molecule has 0 aliphatic rings. The number of aryl methyl sites for hydroxylation is 1. The van der Waals surface area contributed by atoms with Crippen LogP contribution < -0.4 is 0 Å². The van der Waals surface area contributed by atoms with Crippen LogP contribution in [0, 0.1) is 21.8 Å². The van der Waals surface area contributed by atoms with Crippen LogP contribution in [0.3, 0.4) is 0 Å². The van der Waals surface area contributed by atoms with Crippen molar-refractivity contribution in [2.24, 2.45) is 0 Å². The van der Waals surface area contributed by atoms with E-state index >= 15 is 0 Å². The van der Waals surface area contributed by atoms with E-state index in [4.69, 9.17) is 5.26 Å². The van der Waals surface area contributed by atoms with Gasteiger partial charge in [-0.3, -0.25) is 0 Å². The van der Waals surface area contributed by atoms with Gasteiger partial charge in [0, 0.05) is 19.0 Å². The van der Waals surface area contributed by atoms with E-state index in [1.165, 1.54) is 19.2 Å². The first-order valence-corrected chi connectivity index (χ1v) is 6.22. The second-order valence-corrected chi connectivity index (χ2v) is 5.21. The first-order valence-electron chi connectivity index (χ1n) is 4.26. The molecule has 1 aromatic heterocycles. The minimum atomic E-state index is 0.507. The molecule has 1 nitrogen and oxygen atoms in total. The van der Waals surface area contributed by atoms with Crippen LogP contribution in [0.2, 0.25) is 0 Å². The van der Waals surface area contributed by atoms with E-state index in [0.717, 1.165) is 5.56 Å². The second-order valence-electron chi connectivity index (χ2n) is 3.16. The van der Waals surface area contributed by atoms with Gasteiger partial charge in [0.05, 0.1) is 12.5 Å². The van der Waals surface area contributed by atoms with Gasteiger partial charge < -0.3 is 0 Å². The van der Waals surface area contributed by atoms with Gasteiger partial charge >= 0.3 is 0 Å². The zero-order valence-corrected chi connectivity index (χ0v) is 10.6. The lowest BCUT2D eigenvalue weighted by molar-refractivity contribution is 1.29. The fourth-order valence-corrected chi connectivity index (χ4v) is 3.83. The average molecular weight is 313 g/mol. The number of fused-ring (bicyclic) bond motifs is 1. The van der Waals surface area contributed by atoms with E-state index in [2.05, 4.69) is 53.1 Å². The SMILES string of the molecule is Cc1ccc(CC#N)c2scc(I)c12. The predicted octanol–water partition coefficient (Wildman–Crippen LogP) is 3.88. The highest BCUT2D eigenvalue weighted by molar-refractivity contribution is 14.1. The van der Waals surface area contributed by atoms with Crippen LogP contribution in [0.5, 0.6) is 0 Å². The van der Waals surface area contributed by atoms with Crippen molar-refractivity contribution < 1.29 is 0 Å². The summed E-state index contributed by atoms with van der Waals surface area (Å²) in [5, 5.41) is 12.2. The molecule has 70 valence electrons. The van der Waals surface area contributed by atoms with Crippen molar-refractivity contribution in [2.45, 2.75) is 13.3 Å². The molecule has 2 rings (SSSR count). The maximum Gasteiger partial charge on any atom is 0.0670 e. The third kappa shape index (κ3) is 1.53. The Morgan fingerprint density at radius 3 is 3.00 bits per heavy atom. The van der Waals surface area contributed by atoms with Crippen LogP contribution in [0.25, 0.3) is 10.1 Å². The molecule has 0 atom stereocenters. The van der Waals surface area contributed by atoms with Crippen LogP contribution in [0.15, 0.2) is 17.5 Å². The summed E-state index contributed by atoms with van der Waals surface area (Å²) in [5.41, 5.74) is 2.45. The number of rotatable bonds is 1. The molecule has 0 unspecified atom stereocenters. The Morgan fingerprint density at radius 1 is 1.50 bits per heavy atom. The van der Waals surface area contributed by atoms with E-state index in [-0.39, 0.29) is 0 Å². The summed E-state index contributed by atoms with van der Waals surface area (Å²) in [6.07, 6.45) is 0.507. The summed E-state index contributed by atoms with van der Waals surface area (Å²) in [7, 11) is 0. The molecule has 2 aromatic rings. The van der Waals surface area contributed by atoms with Crippen molar-refractivity contribution in [3.05, 3.63) is 32.2 Å². The van der Waals surface area contributed by atoms with Gasteiger partial charge in [-0.05, 0) is 40.6 Å². The fourth-order valence-electron chi connectivity index (χ4n) is 1.55. The minimum absolute atomic E-state index is 0.507. The molecule has 0 N–H and O–H groups in total. The molecule has 1 aromatic carbocycles. The lowest BCUT2D eigenvalue weighted by atomic mass is 10.1. The third-order valence-electron chi connectivity index (χ3n) is 2.24. The number of nitriles is 1. The summed E-state index contributed by atoms with van der Waals surface area (Å²) in [5.74, 6) is 0. The summed E-state index contributed by atoms with van der Waals surface area (Å²) >= 11 is 4.09. The fraction of sp³-hybridized carbons (Fsp3) is 0.182. The smallest absolute Gasteiger partial charge is 0.0670 e. The van der Waals surface area contributed by atoms with Gasteiger partial charge in [0.15, 0.2) is 0 Å². The lowest BCUT2D eigenvalue weighted by Crippen LogP contribution is -1.84. The summed E-state index contributed by atoms with van der Waals surface area (Å²) < 4.78 is 2.57. The highest BCUT2D eigenvalue weighted by atomic mass is 127. The predicted molar refractivity (Wildman–Crippen MR) is 68.6 cm³/mol. The maximum atomic E-state index is 8.71. The van der Waals surface area contributed by atoms with Gasteiger partial charge in [0.1, 0.15) is 0 Å². The average Bonchev–Trinajstić information content (AvgIpc) is 2.54. The third-order valence-corrected chi connectivity index (χ3v) is 4.57. The normalized spacial score (nSPS) is 10.4. The number of hydrogen-bond donors (Lipinski definition) is 0. The van der Waals surface area contributed by atoms with E-state index in [1.807, 2.05) is 0 Å². The summed E-state index contributed by atoms with van der Waals surface area (Å²) in [6.45, 7) is 2.12. The standard InChI is InChI=1S/C11H8INS/c1-7-2-3-8(4-5-13)11-10(7)9(12)6-14-11/h2-3,6H,4H2,1H3. The van der Waals surface area contributed by atoms with Crippen molar-refractivity contribution >= 4 is 44.0 Å². The van der Waals surface area contributed by atoms with Crippen molar-refractivity contribution in [1.82, 2.24) is 0 Å². The van der Waals surface area contributed by atoms with E-state index < -0.39 is 0 Å². The number of thiophene rings is 1. The largest absolute Gasteiger partial charge is 0.198 e. The minimum Gasteiger partial charge on any atom is -0.198 e. The van der Waals surface area contributed by atoms with E-state index in [0.29, 0.717) is 6.42 Å². The molecular formula is C11H8INS. The van der Waals surface area contributed by atoms with Crippen LogP contribution in [0.1, 0.15) is 11.1 Å². The lowest BCUT2D eigenvalue weighted by Gasteiger charge is -2.01. The number of halogens is 1. The van der Waals surface area contributed by atoms with Gasteiger partial charge in [-0.25, -0.2) is 0 Å². The summed E-state index contributed by atoms with van der Waals surface area (Å²) in [4.78, 5) is 0. The molecule has 0 bridgehead atoms. The Morgan fingerprint density at radius 2 is 2.29 bits per heavy atom. The molecule has 0 radical (unpaired) electrons. The van der Waals surface area contributed by atoms with Crippen molar-refractivity contribution in [3.8, 4) is 6.07 Å². The molecule has 0 saturated heterocycles. The Kier molecular flexibility index (Phi) is 2.75. The van der Waals surface area contributed by atoms with E-state index in [1.54, 1.807) is 11.3 Å². The molecule has 0 aliphatic heterocycles. The molecular weight excluding hydrogens is 305 g/mol. The van der Waals surface area contributed by atoms with Crippen molar-refractivity contribution in [2.75, 3.05) is 0 Å². The molecule has 0 amide bonds. The number of hydrogen-bond acceptors (Lipinski definition) is 2. The quantitative estimate of drug-likeness (QED) is 0.733. The van der Waals surface area contributed by atoms with Crippen LogP contribution >= 0.6 is 33.9 Å². The van der Waals surface area contributed by atoms with Crippen molar-refractivity contribution in [3.63, 3.8) is 0 Å². The van der Waals surface area contributed by atoms with Gasteiger partial charge in [-0.15, -0.1) is 11.3 Å². The van der Waals surface area contributed by atoms with Crippen LogP contribution in [-0.2, 0) is 6.42 Å².